The molecule has 14 aliphatic rings. The smallest absolute Gasteiger partial charge is 0.312 e. The van der Waals surface area contributed by atoms with Gasteiger partial charge in [-0.1, -0.05) is 60.8 Å². The number of nitrogens with zero attached hydrogens (tertiary/aromatic N) is 1. The Morgan fingerprint density at radius 1 is 0.379 bits per heavy atom. The third kappa shape index (κ3) is 18.1. The monoisotopic (exact) mass is 1440 g/mol. The third-order valence-electron chi connectivity index (χ3n) is 31.8. The topological polar surface area (TPSA) is 198 Å². The predicted octanol–water partition coefficient (Wildman–Crippen LogP) is 22.7. The molecule has 0 aromatic carbocycles. The highest BCUT2D eigenvalue weighted by molar-refractivity contribution is 5.82. The molecule has 4 unspecified atom stereocenters. The van der Waals surface area contributed by atoms with Crippen molar-refractivity contribution >= 4 is 35.8 Å². The van der Waals surface area contributed by atoms with Crippen LogP contribution in [0.25, 0.3) is 0 Å². The second-order valence-corrected chi connectivity index (χ2v) is 42.7. The second-order valence-electron chi connectivity index (χ2n) is 42.7. The van der Waals surface area contributed by atoms with E-state index in [-0.39, 0.29) is 101 Å². The van der Waals surface area contributed by atoms with Gasteiger partial charge in [-0.15, -0.1) is 0 Å². The first kappa shape index (κ1) is 86.5. The number of primary amides is 1. The summed E-state index contributed by atoms with van der Waals surface area (Å²) in [7, 11) is 0. The minimum atomic E-state index is -0.561. The van der Waals surface area contributed by atoms with Crippen LogP contribution in [0.3, 0.4) is 0 Å². The minimum Gasteiger partial charge on any atom is -0.459 e. The highest BCUT2D eigenvalue weighted by Crippen LogP contribution is 2.73. The number of ether oxygens (including phenoxy) is 5. The Morgan fingerprint density at radius 3 is 1.02 bits per heavy atom. The van der Waals surface area contributed by atoms with Crippen LogP contribution in [-0.4, -0.2) is 63.8 Å². The van der Waals surface area contributed by atoms with Gasteiger partial charge in [0.05, 0.1) is 44.0 Å². The molecule has 13 nitrogen and oxygen atoms in total. The summed E-state index contributed by atoms with van der Waals surface area (Å²) in [6.07, 6.45) is 36.9. The van der Waals surface area contributed by atoms with Crippen molar-refractivity contribution in [2.45, 2.75) is 420 Å². The van der Waals surface area contributed by atoms with Gasteiger partial charge in [0.25, 0.3) is 0 Å². The van der Waals surface area contributed by atoms with E-state index in [9.17, 15) is 34.0 Å². The van der Waals surface area contributed by atoms with Gasteiger partial charge in [-0.05, 0) is 384 Å². The Morgan fingerprint density at radius 2 is 0.680 bits per heavy atom. The Labute approximate surface area is 628 Å². The molecule has 1 amide bonds. The molecule has 0 spiro atoms. The molecular formula is C90H154N2O11. The molecule has 14 fully saturated rings. The molecule has 103 heavy (non-hydrogen) atoms. The fourth-order valence-corrected chi connectivity index (χ4v) is 22.2. The van der Waals surface area contributed by atoms with Crippen LogP contribution in [-0.2, 0) is 52.5 Å². The zero-order chi connectivity index (χ0) is 77.7. The van der Waals surface area contributed by atoms with Gasteiger partial charge in [0, 0.05) is 16.2 Å². The fraction of sp³-hybridized carbons (Fsp3) is 0.922. The predicted molar refractivity (Wildman–Crippen MR) is 413 cm³/mol. The van der Waals surface area contributed by atoms with Crippen molar-refractivity contribution in [3.63, 3.8) is 0 Å². The van der Waals surface area contributed by atoms with Gasteiger partial charge < -0.3 is 29.4 Å². The van der Waals surface area contributed by atoms with E-state index in [1.54, 1.807) is 0 Å². The molecular weight excluding hydrogens is 1280 g/mol. The van der Waals surface area contributed by atoms with Crippen LogP contribution < -0.4 is 5.73 Å². The number of carbonyl (C=O) groups is 6. The Hall–Kier alpha value is -3.69. The van der Waals surface area contributed by atoms with E-state index >= 15 is 0 Å². The molecule has 0 heterocycles. The van der Waals surface area contributed by atoms with Crippen LogP contribution in [0.15, 0.2) is 0 Å². The molecule has 4 atom stereocenters. The summed E-state index contributed by atoms with van der Waals surface area (Å²) in [6, 6.07) is 2.63. The van der Waals surface area contributed by atoms with Gasteiger partial charge in [-0.25, -0.2) is 0 Å². The van der Waals surface area contributed by atoms with E-state index in [0.717, 1.165) is 120 Å². The maximum absolute atomic E-state index is 12.9. The number of amides is 1. The molecule has 14 aliphatic carbocycles. The normalized spacial score (nSPS) is 32.1. The van der Waals surface area contributed by atoms with E-state index in [1.165, 1.54) is 109 Å². The van der Waals surface area contributed by atoms with Crippen LogP contribution in [0.2, 0.25) is 0 Å². The fourth-order valence-electron chi connectivity index (χ4n) is 22.2. The molecule has 0 aromatic heterocycles. The van der Waals surface area contributed by atoms with Crippen molar-refractivity contribution in [1.82, 2.24) is 0 Å². The number of hydrogen-bond donors (Lipinski definition) is 1. The van der Waals surface area contributed by atoms with Gasteiger partial charge in [-0.3, -0.25) is 28.8 Å². The van der Waals surface area contributed by atoms with Crippen molar-refractivity contribution in [2.75, 3.05) is 0 Å². The highest BCUT2D eigenvalue weighted by atomic mass is 16.6. The van der Waals surface area contributed by atoms with E-state index in [1.807, 2.05) is 96.9 Å². The lowest BCUT2D eigenvalue weighted by molar-refractivity contribution is -0.231. The van der Waals surface area contributed by atoms with Crippen molar-refractivity contribution in [3.8, 4) is 6.07 Å². The lowest BCUT2D eigenvalue weighted by Crippen LogP contribution is -2.63. The van der Waals surface area contributed by atoms with Crippen LogP contribution in [0, 0.1) is 118 Å². The summed E-state index contributed by atoms with van der Waals surface area (Å²) in [5.41, 5.74) is 1.65. The van der Waals surface area contributed by atoms with Crippen molar-refractivity contribution in [2.24, 2.45) is 113 Å². The molecule has 0 aliphatic heterocycles. The molecule has 0 aromatic rings. The summed E-state index contributed by atoms with van der Waals surface area (Å²) in [5.74, 6) is 5.28. The van der Waals surface area contributed by atoms with Crippen LogP contribution in [0.5, 0.6) is 0 Å². The number of rotatable bonds is 22. The zero-order valence-corrected chi connectivity index (χ0v) is 71.0. The summed E-state index contributed by atoms with van der Waals surface area (Å²) < 4.78 is 30.1. The molecule has 2 N–H and O–H groups in total. The molecule has 590 valence electrons. The molecule has 0 radical (unpaired) electrons. The SMILES string of the molecule is CCC(C)(C)C(=O)OC(C)(C)C12CC3CC(CC(C(C)(C)C#N)(C3)C1)C2.CCC(C)(C)C(=O)OC(C)(C)C12CC3CC(CC(C(N)=O)(C3)C1)C2.CCC(C)(C)C(=O)OC(C)(C)C12CC3CC(CC(C3)C1)C2.CCC(C)(C)C(=O)OC(C)(C)C1CCCCC1.CCC1(OC(=O)C(C)(C)CC)CCCC1. The first-order valence-electron chi connectivity index (χ1n) is 42.1. The van der Waals surface area contributed by atoms with Gasteiger partial charge in [0.15, 0.2) is 0 Å². The van der Waals surface area contributed by atoms with Crippen molar-refractivity contribution in [3.05, 3.63) is 0 Å². The molecule has 12 bridgehead atoms. The largest absolute Gasteiger partial charge is 0.459 e. The summed E-state index contributed by atoms with van der Waals surface area (Å²) >= 11 is 0. The summed E-state index contributed by atoms with van der Waals surface area (Å²) in [6.45, 7) is 53.2. The molecule has 14 rings (SSSR count). The quantitative estimate of drug-likeness (QED) is 0.0796. The van der Waals surface area contributed by atoms with Crippen LogP contribution >= 0.6 is 0 Å². The Bertz CT molecular complexity index is 2960. The number of nitriles is 1. The number of carbonyl (C=O) groups excluding carboxylic acids is 6. The number of hydrogen-bond acceptors (Lipinski definition) is 12. The summed E-state index contributed by atoms with van der Waals surface area (Å²) in [4.78, 5) is 74.5. The number of nitrogens with two attached hydrogens (primary N) is 1. The zero-order valence-electron chi connectivity index (χ0n) is 71.0. The van der Waals surface area contributed by atoms with Crippen molar-refractivity contribution in [1.29, 1.82) is 5.26 Å². The standard InChI is InChI=1S/C23H37NO2.C20H33NO3.C19H32O2.C15H28O2.C13H24O2/c1-8-19(2,3)18(25)26-21(6,7)23-12-16-9-17(13-23)11-22(10-16,14-23)20(4,5)15-24;1-6-17(2,3)16(23)24-18(4,5)20-10-13-7-14(11-20)9-19(8-13,12-20)15(21)22;1-6-17(2,3)16(20)21-18(4,5)19-10-13-7-14(11-19)9-15(8-13)12-19;1-6-14(2,3)13(16)17-15(4,5)12-10-8-7-9-11-12;1-5-12(3,4)11(14)15-13(6-2)9-7-8-10-13/h16-17H,8-14H2,1-7H3;13-14H,6-12H2,1-5H3,(H2,21,22);13-15H,6-12H2,1-5H3;12H,6-11H2,1-5H3;5-10H2,1-4H3. The molecule has 14 saturated carbocycles. The maximum atomic E-state index is 12.9. The first-order chi connectivity index (χ1) is 47.2. The van der Waals surface area contributed by atoms with E-state index < -0.39 is 22.0 Å². The first-order valence-corrected chi connectivity index (χ1v) is 42.1. The number of esters is 5. The Balaban J connectivity index is 0.000000183. The van der Waals surface area contributed by atoms with Gasteiger partial charge >= 0.3 is 29.8 Å². The van der Waals surface area contributed by atoms with E-state index in [0.29, 0.717) is 29.6 Å². The average molecular weight is 1440 g/mol. The molecule has 0 saturated heterocycles. The highest BCUT2D eigenvalue weighted by Gasteiger charge is 2.69. The van der Waals surface area contributed by atoms with Crippen molar-refractivity contribution < 1.29 is 52.5 Å². The maximum Gasteiger partial charge on any atom is 0.312 e. The Kier molecular flexibility index (Phi) is 26.0. The average Bonchev–Trinajstić information content (AvgIpc) is 1.07. The van der Waals surface area contributed by atoms with E-state index in [2.05, 4.69) is 89.2 Å². The summed E-state index contributed by atoms with van der Waals surface area (Å²) in [5, 5.41) is 9.89. The van der Waals surface area contributed by atoms with Gasteiger partial charge in [0.1, 0.15) is 28.0 Å². The lowest BCUT2D eigenvalue weighted by atomic mass is 9.37. The van der Waals surface area contributed by atoms with E-state index in [4.69, 9.17) is 29.4 Å². The van der Waals surface area contributed by atoms with Gasteiger partial charge in [-0.2, -0.15) is 5.26 Å². The van der Waals surface area contributed by atoms with Crippen LogP contribution in [0.4, 0.5) is 0 Å². The minimum absolute atomic E-state index is 0.00857. The van der Waals surface area contributed by atoms with Gasteiger partial charge in [0.2, 0.25) is 5.91 Å². The van der Waals surface area contributed by atoms with Crippen LogP contribution in [0.1, 0.15) is 392 Å². The third-order valence-corrected chi connectivity index (χ3v) is 31.8. The second kappa shape index (κ2) is 31.0. The lowest BCUT2D eigenvalue weighted by Gasteiger charge is -2.68. The molecule has 13 heteroatoms.